The minimum atomic E-state index is -0.359. The summed E-state index contributed by atoms with van der Waals surface area (Å²) in [7, 11) is 0. The Hall–Kier alpha value is -3.26. The van der Waals surface area contributed by atoms with E-state index in [2.05, 4.69) is 26.1 Å². The molecular weight excluding hydrogens is 446 g/mol. The fourth-order valence-corrected chi connectivity index (χ4v) is 3.59. The fourth-order valence-electron chi connectivity index (χ4n) is 3.32. The van der Waals surface area contributed by atoms with Crippen LogP contribution in [0.25, 0.3) is 16.8 Å². The number of hydrogen-bond acceptors (Lipinski definition) is 4. The van der Waals surface area contributed by atoms with Gasteiger partial charge in [0, 0.05) is 22.3 Å². The molecule has 0 saturated carbocycles. The van der Waals surface area contributed by atoms with Crippen molar-refractivity contribution in [1.82, 2.24) is 19.4 Å². The number of benzene rings is 2. The Balaban J connectivity index is 1.64. The fraction of sp³-hybridized carbons (Fsp3) is 0.182. The number of hydrogen-bond donors (Lipinski definition) is 0. The first-order valence-corrected chi connectivity index (χ1v) is 10.3. The molecule has 2 heterocycles. The van der Waals surface area contributed by atoms with Gasteiger partial charge in [0.1, 0.15) is 18.4 Å². The van der Waals surface area contributed by atoms with Gasteiger partial charge in [-0.2, -0.15) is 10.2 Å². The van der Waals surface area contributed by atoms with Crippen molar-refractivity contribution in [2.45, 2.75) is 20.4 Å². The predicted molar refractivity (Wildman–Crippen MR) is 120 cm³/mol. The number of likely N-dealkylation sites (N-methyl/N-ethyl adjacent to an activating group) is 1. The lowest BCUT2D eigenvalue weighted by molar-refractivity contribution is -0.119. The van der Waals surface area contributed by atoms with Gasteiger partial charge in [0.25, 0.3) is 5.56 Å². The minimum Gasteiger partial charge on any atom is -0.311 e. The number of rotatable bonds is 5. The third-order valence-corrected chi connectivity index (χ3v) is 5.37. The average molecular weight is 466 g/mol. The molecule has 2 aromatic carbocycles. The average Bonchev–Trinajstić information content (AvgIpc) is 3.16. The molecule has 0 spiro atoms. The molecule has 0 unspecified atom stereocenters. The first kappa shape index (κ1) is 20.0. The number of anilines is 1. The molecule has 0 radical (unpaired) electrons. The lowest BCUT2D eigenvalue weighted by Gasteiger charge is -2.21. The van der Waals surface area contributed by atoms with E-state index >= 15 is 0 Å². The van der Waals surface area contributed by atoms with Crippen LogP contribution in [0.15, 0.2) is 70.2 Å². The van der Waals surface area contributed by atoms with Crippen LogP contribution in [0.5, 0.6) is 0 Å². The van der Waals surface area contributed by atoms with Gasteiger partial charge in [0.2, 0.25) is 5.91 Å². The number of halogens is 1. The van der Waals surface area contributed by atoms with Crippen LogP contribution in [0, 0.1) is 6.92 Å². The van der Waals surface area contributed by atoms with Crippen molar-refractivity contribution in [2.75, 3.05) is 11.4 Å². The highest BCUT2D eigenvalue weighted by Crippen LogP contribution is 2.21. The van der Waals surface area contributed by atoms with Crippen LogP contribution < -0.4 is 10.5 Å². The summed E-state index contributed by atoms with van der Waals surface area (Å²) in [5, 5.41) is 8.58. The van der Waals surface area contributed by atoms with Crippen molar-refractivity contribution in [1.29, 1.82) is 0 Å². The van der Waals surface area contributed by atoms with Crippen LogP contribution >= 0.6 is 15.9 Å². The Morgan fingerprint density at radius 2 is 1.90 bits per heavy atom. The molecule has 30 heavy (non-hydrogen) atoms. The highest BCUT2D eigenvalue weighted by atomic mass is 79.9. The molecule has 8 heteroatoms. The van der Waals surface area contributed by atoms with E-state index in [1.54, 1.807) is 11.0 Å². The smallest absolute Gasteiger partial charge is 0.293 e. The molecule has 0 N–H and O–H groups in total. The maximum atomic E-state index is 12.9. The Bertz CT molecular complexity index is 1280. The van der Waals surface area contributed by atoms with Gasteiger partial charge in [-0.15, -0.1) is 0 Å². The maximum Gasteiger partial charge on any atom is 0.293 e. The molecule has 0 fully saturated rings. The molecular formula is C22H20BrN5O2. The van der Waals surface area contributed by atoms with Gasteiger partial charge in [-0.1, -0.05) is 40.2 Å². The van der Waals surface area contributed by atoms with Gasteiger partial charge in [-0.25, -0.2) is 9.20 Å². The Kier molecular flexibility index (Phi) is 5.50. The van der Waals surface area contributed by atoms with E-state index in [0.29, 0.717) is 17.8 Å². The maximum absolute atomic E-state index is 12.9. The summed E-state index contributed by atoms with van der Waals surface area (Å²) < 4.78 is 3.59. The van der Waals surface area contributed by atoms with E-state index < -0.39 is 0 Å². The molecule has 2 aromatic heterocycles. The van der Waals surface area contributed by atoms with Crippen LogP contribution in [0.3, 0.4) is 0 Å². The number of aromatic nitrogens is 4. The summed E-state index contributed by atoms with van der Waals surface area (Å²) in [6.07, 6.45) is 1.45. The van der Waals surface area contributed by atoms with Gasteiger partial charge < -0.3 is 4.90 Å². The minimum absolute atomic E-state index is 0.143. The third kappa shape index (κ3) is 3.91. The van der Waals surface area contributed by atoms with E-state index in [4.69, 9.17) is 0 Å². The first-order chi connectivity index (χ1) is 14.5. The molecule has 152 valence electrons. The molecule has 0 aliphatic rings. The van der Waals surface area contributed by atoms with Gasteiger partial charge in [0.15, 0.2) is 0 Å². The summed E-state index contributed by atoms with van der Waals surface area (Å²) in [5.41, 5.74) is 3.44. The summed E-state index contributed by atoms with van der Waals surface area (Å²) in [5.74, 6) is -0.199. The van der Waals surface area contributed by atoms with Crippen LogP contribution in [-0.4, -0.2) is 31.8 Å². The van der Waals surface area contributed by atoms with Crippen molar-refractivity contribution in [3.63, 3.8) is 0 Å². The monoisotopic (exact) mass is 465 g/mol. The standard InChI is InChI=1S/C22H20BrN5O2/c1-3-26(18-6-4-5-15(2)11-18)21(29)13-27-22(30)20-12-19(25-28(20)14-24-27)16-7-9-17(23)10-8-16/h4-12,14H,3,13H2,1-2H3. The summed E-state index contributed by atoms with van der Waals surface area (Å²) in [4.78, 5) is 27.5. The Morgan fingerprint density at radius 1 is 1.13 bits per heavy atom. The summed E-state index contributed by atoms with van der Waals surface area (Å²) in [6.45, 7) is 4.24. The van der Waals surface area contributed by atoms with Crippen molar-refractivity contribution in [2.24, 2.45) is 0 Å². The zero-order chi connectivity index (χ0) is 21.3. The molecule has 0 aliphatic heterocycles. The number of aryl methyl sites for hydroxylation is 1. The first-order valence-electron chi connectivity index (χ1n) is 9.54. The van der Waals surface area contributed by atoms with Crippen molar-refractivity contribution < 1.29 is 4.79 Å². The predicted octanol–water partition coefficient (Wildman–Crippen LogP) is 3.68. The van der Waals surface area contributed by atoms with E-state index in [9.17, 15) is 9.59 Å². The molecule has 4 aromatic rings. The Morgan fingerprint density at radius 3 is 2.60 bits per heavy atom. The lowest BCUT2D eigenvalue weighted by Crippen LogP contribution is -2.37. The Labute approximate surface area is 181 Å². The largest absolute Gasteiger partial charge is 0.311 e. The quantitative estimate of drug-likeness (QED) is 0.450. The zero-order valence-corrected chi connectivity index (χ0v) is 18.2. The van der Waals surface area contributed by atoms with Crippen molar-refractivity contribution in [3.8, 4) is 11.3 Å². The molecule has 4 rings (SSSR count). The normalized spacial score (nSPS) is 11.0. The van der Waals surface area contributed by atoms with Crippen LogP contribution in [0.4, 0.5) is 5.69 Å². The van der Waals surface area contributed by atoms with Crippen LogP contribution in [0.1, 0.15) is 12.5 Å². The highest BCUT2D eigenvalue weighted by Gasteiger charge is 2.17. The second kappa shape index (κ2) is 8.23. The van der Waals surface area contributed by atoms with Crippen LogP contribution in [0.2, 0.25) is 0 Å². The van der Waals surface area contributed by atoms with E-state index in [1.807, 2.05) is 62.4 Å². The summed E-state index contributed by atoms with van der Waals surface area (Å²) >= 11 is 3.41. The molecule has 0 atom stereocenters. The lowest BCUT2D eigenvalue weighted by atomic mass is 10.1. The molecule has 0 aliphatic carbocycles. The molecule has 0 bridgehead atoms. The van der Waals surface area contributed by atoms with E-state index in [-0.39, 0.29) is 18.0 Å². The topological polar surface area (TPSA) is 72.5 Å². The van der Waals surface area contributed by atoms with Crippen molar-refractivity contribution >= 4 is 33.0 Å². The van der Waals surface area contributed by atoms with Gasteiger partial charge >= 0.3 is 0 Å². The molecule has 7 nitrogen and oxygen atoms in total. The van der Waals surface area contributed by atoms with Gasteiger partial charge in [0.05, 0.1) is 5.69 Å². The highest BCUT2D eigenvalue weighted by molar-refractivity contribution is 9.10. The van der Waals surface area contributed by atoms with E-state index in [1.165, 1.54) is 15.5 Å². The second-order valence-electron chi connectivity index (χ2n) is 6.94. The van der Waals surface area contributed by atoms with E-state index in [0.717, 1.165) is 21.3 Å². The summed E-state index contributed by atoms with van der Waals surface area (Å²) in [6, 6.07) is 17.1. The number of amides is 1. The molecule has 1 amide bonds. The second-order valence-corrected chi connectivity index (χ2v) is 7.85. The number of carbonyl (C=O) groups is 1. The number of fused-ring (bicyclic) bond motifs is 1. The third-order valence-electron chi connectivity index (χ3n) is 4.85. The number of carbonyl (C=O) groups excluding carboxylic acids is 1. The van der Waals surface area contributed by atoms with Crippen LogP contribution in [-0.2, 0) is 11.3 Å². The SMILES string of the molecule is CCN(C(=O)Cn1ncn2nc(-c3ccc(Br)cc3)cc2c1=O)c1cccc(C)c1. The molecule has 0 saturated heterocycles. The van der Waals surface area contributed by atoms with Crippen molar-refractivity contribution in [3.05, 3.63) is 81.3 Å². The van der Waals surface area contributed by atoms with Gasteiger partial charge in [-0.3, -0.25) is 9.59 Å². The van der Waals surface area contributed by atoms with Gasteiger partial charge in [-0.05, 0) is 49.7 Å². The zero-order valence-electron chi connectivity index (χ0n) is 16.6. The number of nitrogens with zero attached hydrogens (tertiary/aromatic N) is 5.